The number of amides is 2. The summed E-state index contributed by atoms with van der Waals surface area (Å²) in [5.41, 5.74) is 0. The molecule has 4 heteroatoms. The Hall–Kier alpha value is -0.770. The fourth-order valence-corrected chi connectivity index (χ4v) is 2.41. The molecule has 1 saturated heterocycles. The summed E-state index contributed by atoms with van der Waals surface area (Å²) in [6.45, 7) is 6.55. The van der Waals surface area contributed by atoms with E-state index in [9.17, 15) is 9.90 Å². The maximum Gasteiger partial charge on any atom is 0.317 e. The van der Waals surface area contributed by atoms with Crippen LogP contribution in [0.2, 0.25) is 0 Å². The van der Waals surface area contributed by atoms with E-state index in [1.165, 1.54) is 6.42 Å². The molecule has 100 valence electrons. The van der Waals surface area contributed by atoms with Gasteiger partial charge in [-0.05, 0) is 40.0 Å². The largest absolute Gasteiger partial charge is 0.393 e. The molecular formula is C13H26N2O2. The number of urea groups is 1. The van der Waals surface area contributed by atoms with Crippen LogP contribution < -0.4 is 5.32 Å². The summed E-state index contributed by atoms with van der Waals surface area (Å²) in [4.78, 5) is 14.0. The molecule has 1 aliphatic heterocycles. The highest BCUT2D eigenvalue weighted by atomic mass is 16.3. The van der Waals surface area contributed by atoms with Gasteiger partial charge in [-0.3, -0.25) is 0 Å². The van der Waals surface area contributed by atoms with Crippen LogP contribution in [0.5, 0.6) is 0 Å². The molecule has 1 heterocycles. The van der Waals surface area contributed by atoms with Gasteiger partial charge in [0.1, 0.15) is 0 Å². The molecule has 0 spiro atoms. The third kappa shape index (κ3) is 4.94. The molecule has 1 rings (SSSR count). The molecule has 2 amide bonds. The SMILES string of the molecule is CC(O)CC1CCCCCN1C(=O)NC(C)C. The lowest BCUT2D eigenvalue weighted by Gasteiger charge is -2.31. The van der Waals surface area contributed by atoms with Gasteiger partial charge in [0.25, 0.3) is 0 Å². The van der Waals surface area contributed by atoms with Gasteiger partial charge >= 0.3 is 6.03 Å². The Balaban J connectivity index is 2.63. The molecule has 0 aliphatic carbocycles. The van der Waals surface area contributed by atoms with Crippen molar-refractivity contribution in [2.24, 2.45) is 0 Å². The molecule has 0 radical (unpaired) electrons. The first kappa shape index (κ1) is 14.3. The van der Waals surface area contributed by atoms with E-state index in [2.05, 4.69) is 5.32 Å². The van der Waals surface area contributed by atoms with E-state index < -0.39 is 0 Å². The number of nitrogens with one attached hydrogen (secondary N) is 1. The van der Waals surface area contributed by atoms with E-state index in [1.807, 2.05) is 18.7 Å². The van der Waals surface area contributed by atoms with Gasteiger partial charge < -0.3 is 15.3 Å². The van der Waals surface area contributed by atoms with Crippen LogP contribution >= 0.6 is 0 Å². The van der Waals surface area contributed by atoms with Crippen LogP contribution in [0.3, 0.4) is 0 Å². The monoisotopic (exact) mass is 242 g/mol. The number of rotatable bonds is 3. The molecular weight excluding hydrogens is 216 g/mol. The van der Waals surface area contributed by atoms with Gasteiger partial charge in [0.2, 0.25) is 0 Å². The molecule has 0 saturated carbocycles. The van der Waals surface area contributed by atoms with E-state index in [0.29, 0.717) is 6.42 Å². The summed E-state index contributed by atoms with van der Waals surface area (Å²) < 4.78 is 0. The molecule has 0 aromatic carbocycles. The Bertz CT molecular complexity index is 242. The Morgan fingerprint density at radius 2 is 2.06 bits per heavy atom. The van der Waals surface area contributed by atoms with Crippen LogP contribution in [-0.4, -0.2) is 40.8 Å². The highest BCUT2D eigenvalue weighted by molar-refractivity contribution is 5.74. The van der Waals surface area contributed by atoms with Crippen molar-refractivity contribution in [1.29, 1.82) is 0 Å². The predicted molar refractivity (Wildman–Crippen MR) is 68.9 cm³/mol. The minimum atomic E-state index is -0.340. The lowest BCUT2D eigenvalue weighted by Crippen LogP contribution is -2.48. The van der Waals surface area contributed by atoms with Crippen molar-refractivity contribution < 1.29 is 9.90 Å². The molecule has 0 aromatic heterocycles. The number of carbonyl (C=O) groups excluding carboxylic acids is 1. The number of hydrogen-bond donors (Lipinski definition) is 2. The fourth-order valence-electron chi connectivity index (χ4n) is 2.41. The number of nitrogens with zero attached hydrogens (tertiary/aromatic N) is 1. The second kappa shape index (κ2) is 6.84. The van der Waals surface area contributed by atoms with E-state index in [0.717, 1.165) is 25.8 Å². The predicted octanol–water partition coefficient (Wildman–Crippen LogP) is 2.12. The summed E-state index contributed by atoms with van der Waals surface area (Å²) in [5.74, 6) is 0. The summed E-state index contributed by atoms with van der Waals surface area (Å²) in [7, 11) is 0. The molecule has 4 nitrogen and oxygen atoms in total. The van der Waals surface area contributed by atoms with E-state index in [1.54, 1.807) is 6.92 Å². The molecule has 0 aromatic rings. The third-order valence-electron chi connectivity index (χ3n) is 3.16. The number of aliphatic hydroxyl groups is 1. The van der Waals surface area contributed by atoms with Crippen molar-refractivity contribution >= 4 is 6.03 Å². The second-order valence-corrected chi connectivity index (χ2v) is 5.39. The van der Waals surface area contributed by atoms with Crippen molar-refractivity contribution in [3.05, 3.63) is 0 Å². The van der Waals surface area contributed by atoms with E-state index in [4.69, 9.17) is 0 Å². The van der Waals surface area contributed by atoms with E-state index >= 15 is 0 Å². The highest BCUT2D eigenvalue weighted by Gasteiger charge is 2.26. The maximum absolute atomic E-state index is 12.1. The summed E-state index contributed by atoms with van der Waals surface area (Å²) in [6.07, 6.45) is 4.77. The zero-order chi connectivity index (χ0) is 12.8. The van der Waals surface area contributed by atoms with Crippen molar-refractivity contribution in [3.63, 3.8) is 0 Å². The summed E-state index contributed by atoms with van der Waals surface area (Å²) in [6, 6.07) is 0.377. The average molecular weight is 242 g/mol. The standard InChI is InChI=1S/C13H26N2O2/c1-10(2)14-13(17)15-8-6-4-5-7-12(15)9-11(3)16/h10-12,16H,4-9H2,1-3H3,(H,14,17). The van der Waals surface area contributed by atoms with Crippen LogP contribution in [0.15, 0.2) is 0 Å². The molecule has 17 heavy (non-hydrogen) atoms. The number of aliphatic hydroxyl groups excluding tert-OH is 1. The molecule has 2 N–H and O–H groups in total. The van der Waals surface area contributed by atoms with Gasteiger partial charge in [-0.15, -0.1) is 0 Å². The summed E-state index contributed by atoms with van der Waals surface area (Å²) >= 11 is 0. The van der Waals surface area contributed by atoms with Gasteiger partial charge in [0, 0.05) is 18.6 Å². The summed E-state index contributed by atoms with van der Waals surface area (Å²) in [5, 5.41) is 12.5. The van der Waals surface area contributed by atoms with Gasteiger partial charge in [0.15, 0.2) is 0 Å². The lowest BCUT2D eigenvalue weighted by atomic mass is 10.0. The van der Waals surface area contributed by atoms with Crippen molar-refractivity contribution in [3.8, 4) is 0 Å². The Kier molecular flexibility index (Phi) is 5.75. The molecule has 2 unspecified atom stereocenters. The Morgan fingerprint density at radius 1 is 1.35 bits per heavy atom. The minimum absolute atomic E-state index is 0.0209. The van der Waals surface area contributed by atoms with Gasteiger partial charge in [-0.2, -0.15) is 0 Å². The molecule has 1 fully saturated rings. The van der Waals surface area contributed by atoms with Crippen molar-refractivity contribution in [2.75, 3.05) is 6.54 Å². The smallest absolute Gasteiger partial charge is 0.317 e. The second-order valence-electron chi connectivity index (χ2n) is 5.39. The van der Waals surface area contributed by atoms with E-state index in [-0.39, 0.29) is 24.2 Å². The first-order chi connectivity index (χ1) is 8.00. The maximum atomic E-state index is 12.1. The molecule has 2 atom stereocenters. The first-order valence-electron chi connectivity index (χ1n) is 6.76. The highest BCUT2D eigenvalue weighted by Crippen LogP contribution is 2.20. The number of carbonyl (C=O) groups is 1. The van der Waals surface area contributed by atoms with Crippen LogP contribution in [0.25, 0.3) is 0 Å². The quantitative estimate of drug-likeness (QED) is 0.796. The third-order valence-corrected chi connectivity index (χ3v) is 3.16. The number of likely N-dealkylation sites (tertiary alicyclic amines) is 1. The van der Waals surface area contributed by atoms with Crippen molar-refractivity contribution in [2.45, 2.75) is 71.1 Å². The number of hydrogen-bond acceptors (Lipinski definition) is 2. The Labute approximate surface area is 104 Å². The van der Waals surface area contributed by atoms with Crippen LogP contribution in [0.4, 0.5) is 4.79 Å². The van der Waals surface area contributed by atoms with Gasteiger partial charge in [-0.25, -0.2) is 4.79 Å². The van der Waals surface area contributed by atoms with Gasteiger partial charge in [-0.1, -0.05) is 12.8 Å². The average Bonchev–Trinajstić information content (AvgIpc) is 2.41. The first-order valence-corrected chi connectivity index (χ1v) is 6.76. The van der Waals surface area contributed by atoms with Gasteiger partial charge in [0.05, 0.1) is 6.10 Å². The minimum Gasteiger partial charge on any atom is -0.393 e. The molecule has 1 aliphatic rings. The fraction of sp³-hybridized carbons (Fsp3) is 0.923. The molecule has 0 bridgehead atoms. The lowest BCUT2D eigenvalue weighted by molar-refractivity contribution is 0.121. The zero-order valence-corrected chi connectivity index (χ0v) is 11.3. The Morgan fingerprint density at radius 3 is 2.65 bits per heavy atom. The van der Waals surface area contributed by atoms with Crippen molar-refractivity contribution in [1.82, 2.24) is 10.2 Å². The van der Waals surface area contributed by atoms with Crippen LogP contribution in [0, 0.1) is 0 Å². The normalized spacial score (nSPS) is 23.4. The van der Waals surface area contributed by atoms with Crippen LogP contribution in [-0.2, 0) is 0 Å². The zero-order valence-electron chi connectivity index (χ0n) is 11.3. The van der Waals surface area contributed by atoms with Crippen LogP contribution in [0.1, 0.15) is 52.9 Å². The topological polar surface area (TPSA) is 52.6 Å².